The van der Waals surface area contributed by atoms with Crippen LogP contribution in [0.3, 0.4) is 0 Å². The van der Waals surface area contributed by atoms with Crippen molar-refractivity contribution in [3.05, 3.63) is 107 Å². The lowest BCUT2D eigenvalue weighted by Gasteiger charge is -2.21. The number of hydrogen-bond donors (Lipinski definition) is 0. The highest BCUT2D eigenvalue weighted by atomic mass is 35.5. The Morgan fingerprint density at radius 1 is 0.512 bits per heavy atom. The minimum atomic E-state index is 0.165. The number of alkyl halides is 2. The number of hydrogen-bond acceptors (Lipinski definition) is 0. The van der Waals surface area contributed by atoms with Crippen LogP contribution >= 0.6 is 23.2 Å². The van der Waals surface area contributed by atoms with E-state index in [0.29, 0.717) is 0 Å². The molecule has 0 saturated heterocycles. The first-order valence-corrected chi connectivity index (χ1v) is 15.6. The van der Waals surface area contributed by atoms with Gasteiger partial charge >= 0.3 is 0 Å². The van der Waals surface area contributed by atoms with Gasteiger partial charge in [-0.05, 0) is 72.1 Å². The molecule has 0 amide bonds. The van der Waals surface area contributed by atoms with Crippen LogP contribution in [0.5, 0.6) is 0 Å². The van der Waals surface area contributed by atoms with E-state index in [4.69, 9.17) is 0 Å². The summed E-state index contributed by atoms with van der Waals surface area (Å²) in [6.45, 7) is 20.1. The maximum absolute atomic E-state index is 4.64. The Morgan fingerprint density at radius 2 is 1.07 bits per heavy atom. The van der Waals surface area contributed by atoms with Crippen LogP contribution in [0.15, 0.2) is 79.1 Å². The summed E-state index contributed by atoms with van der Waals surface area (Å²) in [6.07, 6.45) is 7.20. The minimum Gasteiger partial charge on any atom is -0.201 e. The highest BCUT2D eigenvalue weighted by Gasteiger charge is 2.22. The molecule has 0 N–H and O–H groups in total. The maximum atomic E-state index is 4.64. The Bertz CT molecular complexity index is 1330. The van der Waals surface area contributed by atoms with Crippen LogP contribution in [0.1, 0.15) is 69.4 Å². The Balaban J connectivity index is 0.000000385. The number of nitrogens with zero attached hydrogens (tertiary/aromatic N) is 2. The van der Waals surface area contributed by atoms with Crippen molar-refractivity contribution in [3.63, 3.8) is 0 Å². The first-order chi connectivity index (χ1) is 19.2. The molecule has 0 atom stereocenters. The second kappa shape index (κ2) is 16.1. The van der Waals surface area contributed by atoms with Gasteiger partial charge in [0, 0.05) is 48.2 Å². The number of rotatable bonds is 2. The first-order valence-electron chi connectivity index (χ1n) is 14.1. The van der Waals surface area contributed by atoms with Gasteiger partial charge in [-0.1, -0.05) is 71.4 Å². The molecule has 0 aliphatic carbocycles. The summed E-state index contributed by atoms with van der Waals surface area (Å²) in [7, 11) is 4.21. The molecule has 0 spiro atoms. The maximum Gasteiger partial charge on any atom is 0.212 e. The Labute approximate surface area is 261 Å². The van der Waals surface area contributed by atoms with Gasteiger partial charge < -0.3 is 0 Å². The number of aromatic nitrogens is 2. The SMILES string of the molecule is CCl.CCl.Cc1ccc(-c2cccc[n+]2C)c(C)c1.Cc1ccc(C(C)(C)C)cc1-c1cc(C(C)(C)C)cc[n+]1C. The molecule has 4 heteroatoms. The van der Waals surface area contributed by atoms with E-state index in [9.17, 15) is 0 Å². The zero-order valence-electron chi connectivity index (χ0n) is 27.7. The van der Waals surface area contributed by atoms with E-state index in [1.54, 1.807) is 0 Å². The van der Waals surface area contributed by atoms with Gasteiger partial charge in [0.05, 0.1) is 0 Å². The van der Waals surface area contributed by atoms with Crippen LogP contribution in [0, 0.1) is 20.8 Å². The highest BCUT2D eigenvalue weighted by molar-refractivity contribution is 6.15. The second-order valence-electron chi connectivity index (χ2n) is 12.5. The van der Waals surface area contributed by atoms with Crippen LogP contribution in [-0.4, -0.2) is 12.8 Å². The average Bonchev–Trinajstić information content (AvgIpc) is 2.91. The van der Waals surface area contributed by atoms with E-state index in [1.807, 2.05) is 6.07 Å². The lowest BCUT2D eigenvalue weighted by molar-refractivity contribution is -0.660. The van der Waals surface area contributed by atoms with Crippen LogP contribution in [-0.2, 0) is 24.9 Å². The molecule has 0 bridgehead atoms. The molecule has 0 aliphatic heterocycles. The number of pyridine rings is 2. The highest BCUT2D eigenvalue weighted by Crippen LogP contribution is 2.31. The predicted molar refractivity (Wildman–Crippen MR) is 181 cm³/mol. The molecule has 0 aliphatic rings. The zero-order valence-corrected chi connectivity index (χ0v) is 29.2. The summed E-state index contributed by atoms with van der Waals surface area (Å²) in [4.78, 5) is 0. The van der Waals surface area contributed by atoms with Crippen molar-refractivity contribution in [1.82, 2.24) is 0 Å². The summed E-state index contributed by atoms with van der Waals surface area (Å²) >= 11 is 9.28. The lowest BCUT2D eigenvalue weighted by Crippen LogP contribution is -2.32. The molecule has 0 saturated carbocycles. The molecular weight excluding hydrogens is 543 g/mol. The summed E-state index contributed by atoms with van der Waals surface area (Å²) in [5, 5.41) is 0. The molecule has 4 rings (SSSR count). The molecule has 4 aromatic rings. The summed E-state index contributed by atoms with van der Waals surface area (Å²) in [6, 6.07) is 24.3. The van der Waals surface area contributed by atoms with E-state index >= 15 is 0 Å². The minimum absolute atomic E-state index is 0.165. The van der Waals surface area contributed by atoms with Crippen molar-refractivity contribution in [3.8, 4) is 22.5 Å². The van der Waals surface area contributed by atoms with Gasteiger partial charge in [0.2, 0.25) is 11.4 Å². The van der Waals surface area contributed by atoms with Gasteiger partial charge in [-0.2, -0.15) is 0 Å². The third kappa shape index (κ3) is 10.3. The predicted octanol–water partition coefficient (Wildman–Crippen LogP) is 9.59. The van der Waals surface area contributed by atoms with Crippen LogP contribution in [0.2, 0.25) is 0 Å². The molecule has 2 nitrogen and oxygen atoms in total. The fourth-order valence-electron chi connectivity index (χ4n) is 4.57. The third-order valence-electron chi connectivity index (χ3n) is 7.11. The van der Waals surface area contributed by atoms with Gasteiger partial charge in [0.25, 0.3) is 0 Å². The van der Waals surface area contributed by atoms with Crippen molar-refractivity contribution in [2.24, 2.45) is 14.1 Å². The van der Waals surface area contributed by atoms with E-state index < -0.39 is 0 Å². The van der Waals surface area contributed by atoms with Crippen molar-refractivity contribution in [2.45, 2.75) is 73.1 Å². The molecule has 0 fully saturated rings. The van der Waals surface area contributed by atoms with E-state index in [0.717, 1.165) is 0 Å². The third-order valence-corrected chi connectivity index (χ3v) is 7.11. The largest absolute Gasteiger partial charge is 0.212 e. The molecular formula is C37H52Cl2N2+2. The fourth-order valence-corrected chi connectivity index (χ4v) is 4.57. The van der Waals surface area contributed by atoms with E-state index in [2.05, 4.69) is 182 Å². The van der Waals surface area contributed by atoms with Gasteiger partial charge in [-0.3, -0.25) is 0 Å². The van der Waals surface area contributed by atoms with E-state index in [-0.39, 0.29) is 10.8 Å². The van der Waals surface area contributed by atoms with Gasteiger partial charge in [-0.25, -0.2) is 9.13 Å². The molecule has 2 aromatic heterocycles. The Morgan fingerprint density at radius 3 is 1.61 bits per heavy atom. The molecule has 0 unspecified atom stereocenters. The van der Waals surface area contributed by atoms with Crippen molar-refractivity contribution in [2.75, 3.05) is 12.8 Å². The van der Waals surface area contributed by atoms with Gasteiger partial charge in [-0.15, -0.1) is 23.2 Å². The van der Waals surface area contributed by atoms with E-state index in [1.165, 1.54) is 63.1 Å². The number of halogens is 2. The number of benzene rings is 2. The summed E-state index contributed by atoms with van der Waals surface area (Å²) < 4.78 is 4.38. The van der Waals surface area contributed by atoms with Gasteiger partial charge in [0.15, 0.2) is 12.4 Å². The summed E-state index contributed by atoms with van der Waals surface area (Å²) in [5.41, 5.74) is 12.3. The molecule has 0 radical (unpaired) electrons. The molecule has 2 aromatic carbocycles. The van der Waals surface area contributed by atoms with Crippen molar-refractivity contribution in [1.29, 1.82) is 0 Å². The average molecular weight is 596 g/mol. The normalized spacial score (nSPS) is 10.8. The molecule has 222 valence electrons. The van der Waals surface area contributed by atoms with Crippen molar-refractivity contribution < 1.29 is 9.13 Å². The fraction of sp³-hybridized carbons (Fsp3) is 0.405. The Hall–Kier alpha value is -2.68. The Kier molecular flexibility index (Phi) is 14.3. The first kappa shape index (κ1) is 36.3. The molecule has 2 heterocycles. The lowest BCUT2D eigenvalue weighted by atomic mass is 9.83. The quantitative estimate of drug-likeness (QED) is 0.161. The zero-order chi connectivity index (χ0) is 31.5. The monoisotopic (exact) mass is 594 g/mol. The van der Waals surface area contributed by atoms with Crippen LogP contribution < -0.4 is 9.13 Å². The number of aryl methyl sites for hydroxylation is 5. The standard InChI is InChI=1S/C21H30N.C14H16N.2CH3Cl/c1-15-9-10-16(20(2,3)4)13-18(15)19-14-17(21(5,6)7)11-12-22(19)8;1-11-7-8-13(12(2)10-11)14-6-4-5-9-15(14)3;2*1-2/h9-14H,1-8H3;4-10H,1-3H3;2*1H3/q2*+1;;. The topological polar surface area (TPSA) is 7.76 Å². The van der Waals surface area contributed by atoms with Crippen molar-refractivity contribution >= 4 is 23.2 Å². The molecule has 41 heavy (non-hydrogen) atoms. The van der Waals surface area contributed by atoms with Gasteiger partial charge in [0.1, 0.15) is 14.1 Å². The second-order valence-corrected chi connectivity index (χ2v) is 12.5. The smallest absolute Gasteiger partial charge is 0.201 e. The summed E-state index contributed by atoms with van der Waals surface area (Å²) in [5.74, 6) is 0. The van der Waals surface area contributed by atoms with Crippen LogP contribution in [0.25, 0.3) is 22.5 Å². The van der Waals surface area contributed by atoms with Crippen LogP contribution in [0.4, 0.5) is 0 Å².